The zero-order valence-corrected chi connectivity index (χ0v) is 17.2. The fourth-order valence-electron chi connectivity index (χ4n) is 2.98. The smallest absolute Gasteiger partial charge is 0.334 e. The number of rotatable bonds is 4. The molecule has 1 unspecified atom stereocenters. The van der Waals surface area contributed by atoms with Gasteiger partial charge in [0.2, 0.25) is 0 Å². The van der Waals surface area contributed by atoms with Crippen molar-refractivity contribution in [2.75, 3.05) is 6.54 Å². The van der Waals surface area contributed by atoms with Gasteiger partial charge in [0.15, 0.2) is 6.54 Å². The van der Waals surface area contributed by atoms with Crippen LogP contribution in [0.3, 0.4) is 0 Å². The van der Waals surface area contributed by atoms with Gasteiger partial charge in [0.05, 0.1) is 0 Å². The molecule has 118 valence electrons. The largest absolute Gasteiger partial charge is 1.00 e. The fraction of sp³-hybridized carbons (Fsp3) is 0.471. The number of hydrogen-bond acceptors (Lipinski definition) is 4. The van der Waals surface area contributed by atoms with Crippen LogP contribution in [0, 0.1) is 28.4 Å². The Labute approximate surface area is 178 Å². The van der Waals surface area contributed by atoms with Crippen LogP contribution >= 0.6 is 0 Å². The average molecular weight is 341 g/mol. The van der Waals surface area contributed by atoms with E-state index in [1.807, 2.05) is 32.9 Å². The van der Waals surface area contributed by atoms with Crippen molar-refractivity contribution in [1.29, 1.82) is 0 Å². The van der Waals surface area contributed by atoms with Crippen LogP contribution in [-0.2, 0) is 9.59 Å². The van der Waals surface area contributed by atoms with Crippen molar-refractivity contribution in [3.05, 3.63) is 51.4 Å². The molecule has 0 aromatic heterocycles. The number of carbonyl (C=O) groups is 2. The normalized spacial score (nSPS) is 18.3. The van der Waals surface area contributed by atoms with E-state index in [0.717, 1.165) is 5.56 Å². The molecule has 1 aromatic rings. The number of ketones is 2. The van der Waals surface area contributed by atoms with E-state index in [1.54, 1.807) is 12.1 Å². The Kier molecular flexibility index (Phi) is 7.16. The Bertz CT molecular complexity index is 590. The molecule has 0 amide bonds. The third kappa shape index (κ3) is 5.22. The summed E-state index contributed by atoms with van der Waals surface area (Å²) in [6.07, 6.45) is 0.516. The minimum atomic E-state index is -0.758. The van der Waals surface area contributed by atoms with Gasteiger partial charge in [-0.2, -0.15) is 0 Å². The molecule has 0 saturated heterocycles. The third-order valence-electron chi connectivity index (χ3n) is 4.04. The Morgan fingerprint density at radius 2 is 1.65 bits per heavy atom. The first-order valence-electron chi connectivity index (χ1n) is 7.31. The molecule has 1 atom stereocenters. The van der Waals surface area contributed by atoms with Crippen LogP contribution in [0.15, 0.2) is 24.3 Å². The number of nitrogens with zero attached hydrogens (tertiary/aromatic N) is 1. The molecule has 2 rings (SSSR count). The van der Waals surface area contributed by atoms with Crippen LogP contribution in [0.2, 0.25) is 0 Å². The minimum absolute atomic E-state index is 0. The van der Waals surface area contributed by atoms with E-state index in [2.05, 4.69) is 0 Å². The van der Waals surface area contributed by atoms with E-state index in [9.17, 15) is 19.7 Å². The molecule has 0 bridgehead atoms. The van der Waals surface area contributed by atoms with Gasteiger partial charge >= 0.3 is 51.4 Å². The fourth-order valence-corrected chi connectivity index (χ4v) is 2.98. The number of benzene rings is 1. The number of Topliss-reactive ketones (excluding diaryl/α,β-unsaturated/α-hetero) is 2. The Morgan fingerprint density at radius 3 is 2.09 bits per heavy atom. The molecule has 1 aliphatic carbocycles. The predicted octanol–water partition coefficient (Wildman–Crippen LogP) is -0.108. The van der Waals surface area contributed by atoms with E-state index < -0.39 is 17.4 Å². The van der Waals surface area contributed by atoms with Crippen LogP contribution < -0.4 is 51.4 Å². The summed E-state index contributed by atoms with van der Waals surface area (Å²) in [7, 11) is 0. The first kappa shape index (κ1) is 20.5. The molecule has 0 radical (unpaired) electrons. The molecule has 6 heteroatoms. The van der Waals surface area contributed by atoms with Gasteiger partial charge in [-0.05, 0) is 31.1 Å². The van der Waals surface area contributed by atoms with E-state index in [-0.39, 0.29) is 87.1 Å². The van der Waals surface area contributed by atoms with Crippen LogP contribution in [0.1, 0.15) is 43.7 Å². The van der Waals surface area contributed by atoms with Crippen LogP contribution in [0.4, 0.5) is 0 Å². The molecule has 0 spiro atoms. The Balaban J connectivity index is 0.00000264. The summed E-state index contributed by atoms with van der Waals surface area (Å²) in [4.78, 5) is 35.3. The molecule has 0 N–H and O–H groups in total. The van der Waals surface area contributed by atoms with Gasteiger partial charge in [-0.25, -0.2) is 5.92 Å². The second-order valence-corrected chi connectivity index (χ2v) is 6.76. The van der Waals surface area contributed by atoms with Gasteiger partial charge in [0.25, 0.3) is 0 Å². The van der Waals surface area contributed by atoms with E-state index in [0.29, 0.717) is 5.56 Å². The summed E-state index contributed by atoms with van der Waals surface area (Å²) < 4.78 is 0. The second-order valence-electron chi connectivity index (χ2n) is 6.76. The number of aryl methyl sites for hydroxylation is 1. The summed E-state index contributed by atoms with van der Waals surface area (Å²) in [5, 5.41) is 11.0. The van der Waals surface area contributed by atoms with Crippen LogP contribution in [-0.4, -0.2) is 23.0 Å². The predicted molar refractivity (Wildman–Crippen MR) is 82.1 cm³/mol. The molecule has 1 aliphatic rings. The van der Waals surface area contributed by atoms with Gasteiger partial charge < -0.3 is 9.59 Å². The zero-order chi connectivity index (χ0) is 16.5. The van der Waals surface area contributed by atoms with Crippen LogP contribution in [0.25, 0.3) is 0 Å². The van der Waals surface area contributed by atoms with Gasteiger partial charge in [-0.3, -0.25) is 10.1 Å². The maximum Gasteiger partial charge on any atom is 1.00 e. The van der Waals surface area contributed by atoms with Crippen molar-refractivity contribution in [3.63, 3.8) is 0 Å². The van der Waals surface area contributed by atoms with Crippen molar-refractivity contribution in [3.8, 4) is 0 Å². The van der Waals surface area contributed by atoms with Gasteiger partial charge in [-0.15, -0.1) is 0 Å². The summed E-state index contributed by atoms with van der Waals surface area (Å²) in [6.45, 7) is 5.22. The summed E-state index contributed by atoms with van der Waals surface area (Å²) in [6, 6.07) is 7.20. The maximum atomic E-state index is 12.4. The van der Waals surface area contributed by atoms with Gasteiger partial charge in [-0.1, -0.05) is 49.2 Å². The number of carbonyl (C=O) groups excluding carboxylic acids is 2. The van der Waals surface area contributed by atoms with Gasteiger partial charge in [0.1, 0.15) is 0 Å². The first-order valence-corrected chi connectivity index (χ1v) is 7.31. The minimum Gasteiger partial charge on any atom is -0.334 e. The summed E-state index contributed by atoms with van der Waals surface area (Å²) >= 11 is 0. The molecule has 1 fully saturated rings. The third-order valence-corrected chi connectivity index (χ3v) is 4.04. The monoisotopic (exact) mass is 341 g/mol. The van der Waals surface area contributed by atoms with Crippen molar-refractivity contribution >= 4 is 11.6 Å². The zero-order valence-electron chi connectivity index (χ0n) is 14.1. The second kappa shape index (κ2) is 8.03. The molecule has 1 aromatic carbocycles. The van der Waals surface area contributed by atoms with E-state index >= 15 is 0 Å². The van der Waals surface area contributed by atoms with Crippen molar-refractivity contribution < 1.29 is 65.9 Å². The molecule has 23 heavy (non-hydrogen) atoms. The standard InChI is InChI=1S/C17H20NO4.K/c1-11-4-6-12(7-5-11)13(10-18(21)22)16-14(19)8-17(2,3)9-15(16)20;/h4-7,13H,8-10H2,1-3H3;/q-1;+1. The van der Waals surface area contributed by atoms with Crippen molar-refractivity contribution in [2.24, 2.45) is 5.41 Å². The topological polar surface area (TPSA) is 77.3 Å². The molecule has 0 aliphatic heterocycles. The Hall–Kier alpha value is -0.534. The quantitative estimate of drug-likeness (QED) is 0.331. The summed E-state index contributed by atoms with van der Waals surface area (Å²) in [5.41, 5.74) is 1.30. The van der Waals surface area contributed by atoms with E-state index in [4.69, 9.17) is 0 Å². The average Bonchev–Trinajstić information content (AvgIpc) is 2.35. The molecular weight excluding hydrogens is 321 g/mol. The van der Waals surface area contributed by atoms with Crippen molar-refractivity contribution in [2.45, 2.75) is 39.5 Å². The number of hydrogen-bond donors (Lipinski definition) is 0. The maximum absolute atomic E-state index is 12.4. The number of nitro groups is 1. The summed E-state index contributed by atoms with van der Waals surface area (Å²) in [5.74, 6) is -1.17. The van der Waals surface area contributed by atoms with Crippen LogP contribution in [0.5, 0.6) is 0 Å². The first-order chi connectivity index (χ1) is 10.2. The molecule has 0 heterocycles. The molecule has 5 nitrogen and oxygen atoms in total. The van der Waals surface area contributed by atoms with E-state index in [1.165, 1.54) is 0 Å². The van der Waals surface area contributed by atoms with Gasteiger partial charge in [0, 0.05) is 16.5 Å². The SMILES string of the molecule is Cc1ccc(C(C[N+](=O)[O-])[C-]2C(=O)CC(C)(C)CC2=O)cc1.[K+]. The van der Waals surface area contributed by atoms with Crippen molar-refractivity contribution in [1.82, 2.24) is 0 Å². The molecule has 1 saturated carbocycles. The Morgan fingerprint density at radius 1 is 1.17 bits per heavy atom. The molecular formula is C17H20KNO4.